The zero-order valence-electron chi connectivity index (χ0n) is 30.5. The lowest BCUT2D eigenvalue weighted by Crippen LogP contribution is -2.56. The van der Waals surface area contributed by atoms with Crippen LogP contribution in [0.3, 0.4) is 0 Å². The highest BCUT2D eigenvalue weighted by Gasteiger charge is 2.53. The summed E-state index contributed by atoms with van der Waals surface area (Å²) < 4.78 is 97.6. The average Bonchev–Trinajstić information content (AvgIpc) is 3.37. The van der Waals surface area contributed by atoms with E-state index >= 15 is 0 Å². The molecule has 2 N–H and O–H groups in total. The van der Waals surface area contributed by atoms with E-state index in [0.29, 0.717) is 76.8 Å². The number of urea groups is 1. The number of hydrogen-bond donors (Lipinski definition) is 2. The van der Waals surface area contributed by atoms with E-state index in [-0.39, 0.29) is 59.1 Å². The summed E-state index contributed by atoms with van der Waals surface area (Å²) in [5.41, 5.74) is -1.28. The van der Waals surface area contributed by atoms with Gasteiger partial charge in [0, 0.05) is 32.1 Å². The van der Waals surface area contributed by atoms with Crippen molar-refractivity contribution < 1.29 is 54.6 Å². The predicted molar refractivity (Wildman–Crippen MR) is 197 cm³/mol. The van der Waals surface area contributed by atoms with Gasteiger partial charge in [0.1, 0.15) is 28.4 Å². The molecule has 0 aliphatic carbocycles. The van der Waals surface area contributed by atoms with Crippen molar-refractivity contribution in [1.29, 1.82) is 0 Å². The van der Waals surface area contributed by atoms with E-state index in [1.807, 2.05) is 0 Å². The molecule has 2 fully saturated rings. The summed E-state index contributed by atoms with van der Waals surface area (Å²) in [6.45, 7) is 2.13. The van der Waals surface area contributed by atoms with E-state index in [1.165, 1.54) is 39.5 Å². The molecule has 55 heavy (non-hydrogen) atoms. The Balaban J connectivity index is 0.00000673. The van der Waals surface area contributed by atoms with Crippen molar-refractivity contribution in [3.05, 3.63) is 77.1 Å². The van der Waals surface area contributed by atoms with Gasteiger partial charge < -0.3 is 24.0 Å². The number of nitrogens with zero attached hydrogens (tertiary/aromatic N) is 2. The van der Waals surface area contributed by atoms with E-state index < -0.39 is 44.0 Å². The fourth-order valence-electron chi connectivity index (χ4n) is 6.91. The SMILES string of the molecule is COc1cc(OC)c(C(=O)CCCCN2CCC3(CC2)C(=O)NC(=O)N3CCCc2ccc(F)cc2)c(OC)c1NS(=O)(=O)c1ccc(C(F)(F)F)cc1.Cl. The number of benzene rings is 3. The molecular weight excluding hydrogens is 772 g/mol. The number of hydrogen-bond acceptors (Lipinski definition) is 9. The van der Waals surface area contributed by atoms with E-state index in [2.05, 4.69) is 14.9 Å². The Labute approximate surface area is 322 Å². The van der Waals surface area contributed by atoms with Crippen LogP contribution in [0.2, 0.25) is 0 Å². The smallest absolute Gasteiger partial charge is 0.416 e. The fraction of sp³-hybridized carbons (Fsp3) is 0.432. The molecule has 0 radical (unpaired) electrons. The minimum absolute atomic E-state index is 0. The van der Waals surface area contributed by atoms with Crippen molar-refractivity contribution in [3.63, 3.8) is 0 Å². The molecule has 12 nitrogen and oxygen atoms in total. The standard InChI is InChI=1S/C37H42F4N4O8S.ClH/c1-51-29-23-30(52-2)32(43-54(49,50)27-15-11-25(12-16-27)37(39,40)41)33(53-3)31(29)28(46)8-4-5-19-44-21-17-36(18-22-44)34(47)42-35(48)45(36)20-6-7-24-9-13-26(38)14-10-24;/h9-16,23,43H,4-8,17-22H2,1-3H3,(H,42,47,48);1H. The first kappa shape index (κ1) is 43.1. The van der Waals surface area contributed by atoms with Crippen molar-refractivity contribution in [2.45, 2.75) is 61.6 Å². The number of carbonyl (C=O) groups is 3. The second kappa shape index (κ2) is 17.9. The number of aryl methyl sites for hydroxylation is 1. The Morgan fingerprint density at radius 2 is 1.53 bits per heavy atom. The summed E-state index contributed by atoms with van der Waals surface area (Å²) in [7, 11) is -0.647. The van der Waals surface area contributed by atoms with Crippen molar-refractivity contribution in [3.8, 4) is 17.2 Å². The van der Waals surface area contributed by atoms with E-state index in [4.69, 9.17) is 14.2 Å². The average molecular weight is 815 g/mol. The van der Waals surface area contributed by atoms with E-state index in [1.54, 1.807) is 17.0 Å². The van der Waals surface area contributed by atoms with Gasteiger partial charge in [-0.05, 0) is 87.0 Å². The predicted octanol–water partition coefficient (Wildman–Crippen LogP) is 6.47. The lowest BCUT2D eigenvalue weighted by Gasteiger charge is -2.42. The molecule has 3 aromatic rings. The Kier molecular flexibility index (Phi) is 14.0. The van der Waals surface area contributed by atoms with Crippen LogP contribution in [0.15, 0.2) is 59.5 Å². The number of ketones is 1. The maximum Gasteiger partial charge on any atom is 0.416 e. The number of imide groups is 1. The number of sulfonamides is 1. The summed E-state index contributed by atoms with van der Waals surface area (Å²) in [6, 6.07) is 10.0. The third kappa shape index (κ3) is 9.62. The molecule has 2 aliphatic heterocycles. The molecule has 0 atom stereocenters. The molecule has 3 aromatic carbocycles. The number of nitrogens with one attached hydrogen (secondary N) is 2. The van der Waals surface area contributed by atoms with Gasteiger partial charge in [0.15, 0.2) is 17.3 Å². The molecule has 2 saturated heterocycles. The van der Waals surface area contributed by atoms with E-state index in [9.17, 15) is 40.4 Å². The second-order valence-electron chi connectivity index (χ2n) is 13.1. The third-order valence-corrected chi connectivity index (χ3v) is 11.2. The number of amides is 3. The lowest BCUT2D eigenvalue weighted by atomic mass is 9.85. The van der Waals surface area contributed by atoms with Crippen molar-refractivity contribution in [1.82, 2.24) is 15.1 Å². The van der Waals surface area contributed by atoms with Gasteiger partial charge in [0.25, 0.3) is 15.9 Å². The molecule has 0 saturated carbocycles. The number of methoxy groups -OCH3 is 3. The van der Waals surface area contributed by atoms with Crippen molar-refractivity contribution in [2.24, 2.45) is 0 Å². The summed E-state index contributed by atoms with van der Waals surface area (Å²) in [5, 5.41) is 2.47. The van der Waals surface area contributed by atoms with Gasteiger partial charge in [-0.1, -0.05) is 12.1 Å². The number of alkyl halides is 3. The number of piperidine rings is 1. The molecule has 3 amide bonds. The highest BCUT2D eigenvalue weighted by molar-refractivity contribution is 7.92. The quantitative estimate of drug-likeness (QED) is 0.0721. The Morgan fingerprint density at radius 3 is 2.11 bits per heavy atom. The van der Waals surface area contributed by atoms with Crippen molar-refractivity contribution in [2.75, 3.05) is 52.2 Å². The molecule has 0 unspecified atom stereocenters. The Bertz CT molecular complexity index is 1960. The molecule has 0 aromatic heterocycles. The summed E-state index contributed by atoms with van der Waals surface area (Å²) >= 11 is 0. The summed E-state index contributed by atoms with van der Waals surface area (Å²) in [4.78, 5) is 42.7. The van der Waals surface area contributed by atoms with Crippen molar-refractivity contribution >= 4 is 45.8 Å². The Morgan fingerprint density at radius 1 is 0.891 bits per heavy atom. The highest BCUT2D eigenvalue weighted by Crippen LogP contribution is 2.45. The maximum atomic E-state index is 13.6. The Hall–Kier alpha value is -4.61. The molecule has 0 bridgehead atoms. The number of carbonyl (C=O) groups excluding carboxylic acids is 3. The molecular formula is C37H43ClF4N4O8S. The van der Waals surface area contributed by atoms with Gasteiger partial charge in [-0.25, -0.2) is 17.6 Å². The van der Waals surface area contributed by atoms with Crippen LogP contribution in [0, 0.1) is 5.82 Å². The number of halogens is 5. The molecule has 300 valence electrons. The van der Waals surface area contributed by atoms with Gasteiger partial charge in [-0.15, -0.1) is 12.4 Å². The number of rotatable bonds is 16. The topological polar surface area (TPSA) is 144 Å². The number of likely N-dealkylation sites (tertiary alicyclic amines) is 1. The second-order valence-corrected chi connectivity index (χ2v) is 14.8. The summed E-state index contributed by atoms with van der Waals surface area (Å²) in [6.07, 6.45) is -1.41. The minimum Gasteiger partial charge on any atom is -0.496 e. The normalized spacial score (nSPS) is 15.7. The van der Waals surface area contributed by atoms with Crippen LogP contribution in [-0.2, 0) is 27.4 Å². The van der Waals surface area contributed by atoms with Crippen LogP contribution in [0.5, 0.6) is 17.2 Å². The lowest BCUT2D eigenvalue weighted by molar-refractivity contribution is -0.137. The number of anilines is 1. The third-order valence-electron chi connectivity index (χ3n) is 9.84. The van der Waals surface area contributed by atoms with Crippen LogP contribution < -0.4 is 24.2 Å². The number of unbranched alkanes of at least 4 members (excludes halogenated alkanes) is 1. The first-order chi connectivity index (χ1) is 25.6. The van der Waals surface area contributed by atoms with E-state index in [0.717, 1.165) is 17.7 Å². The summed E-state index contributed by atoms with van der Waals surface area (Å²) in [5.74, 6) is -1.19. The molecule has 2 aliphatic rings. The van der Waals surface area contributed by atoms with Crippen LogP contribution in [0.25, 0.3) is 0 Å². The van der Waals surface area contributed by atoms with Gasteiger partial charge in [-0.2, -0.15) is 13.2 Å². The molecule has 2 heterocycles. The van der Waals surface area contributed by atoms with Crippen LogP contribution in [0.4, 0.5) is 28.0 Å². The van der Waals surface area contributed by atoms with Gasteiger partial charge in [0.2, 0.25) is 0 Å². The minimum atomic E-state index is -4.66. The first-order valence-electron chi connectivity index (χ1n) is 17.3. The zero-order valence-corrected chi connectivity index (χ0v) is 32.1. The monoisotopic (exact) mass is 814 g/mol. The molecule has 5 rings (SSSR count). The largest absolute Gasteiger partial charge is 0.496 e. The van der Waals surface area contributed by atoms with Gasteiger partial charge in [-0.3, -0.25) is 19.6 Å². The van der Waals surface area contributed by atoms with Gasteiger partial charge >= 0.3 is 12.2 Å². The molecule has 1 spiro atoms. The first-order valence-corrected chi connectivity index (χ1v) is 18.8. The fourth-order valence-corrected chi connectivity index (χ4v) is 7.98. The maximum absolute atomic E-state index is 13.6. The number of ether oxygens (including phenoxy) is 3. The number of Topliss-reactive ketones (excluding diaryl/α,β-unsaturated/α-hetero) is 1. The van der Waals surface area contributed by atoms with Crippen LogP contribution >= 0.6 is 12.4 Å². The molecule has 18 heteroatoms. The highest BCUT2D eigenvalue weighted by atomic mass is 35.5. The van der Waals surface area contributed by atoms with Crippen LogP contribution in [-0.4, -0.2) is 89.0 Å². The van der Waals surface area contributed by atoms with Gasteiger partial charge in [0.05, 0.1) is 31.8 Å². The van der Waals surface area contributed by atoms with Crippen LogP contribution in [0.1, 0.15) is 60.0 Å². The zero-order chi connectivity index (χ0) is 39.3.